The summed E-state index contributed by atoms with van der Waals surface area (Å²) in [6, 6.07) is 8.85. The van der Waals surface area contributed by atoms with Crippen molar-refractivity contribution in [1.82, 2.24) is 0 Å². The summed E-state index contributed by atoms with van der Waals surface area (Å²) < 4.78 is 218. The SMILES string of the molecule is Nc1c(S(=O)(=O)[O-])cc(S(=O)(=O)[O-])c2c(N=Nc3ccc(C=Cc4ccc(N=Nc5ccc(O)c6c(N)c(S(=O)(=O)[O-])cc(S(=O)(=O)[O-])c56)cc4S(=O)(=O)[O-])c(S(=O)(=O)[O-])c3)ccc(O)c12.[Na+].[Na+].[Na+].[Na+].[Na+].[Na+]. The van der Waals surface area contributed by atoms with Gasteiger partial charge in [0.2, 0.25) is 0 Å². The van der Waals surface area contributed by atoms with Gasteiger partial charge in [-0.15, -0.1) is 10.2 Å². The van der Waals surface area contributed by atoms with E-state index in [0.717, 1.165) is 60.7 Å². The van der Waals surface area contributed by atoms with E-state index in [1.807, 2.05) is 0 Å². The van der Waals surface area contributed by atoms with Crippen LogP contribution in [0, 0.1) is 0 Å². The maximum absolute atomic E-state index is 12.4. The Labute approximate surface area is 541 Å². The quantitative estimate of drug-likeness (QED) is 0.0291. The summed E-state index contributed by atoms with van der Waals surface area (Å²) >= 11 is 0. The Balaban J connectivity index is 0.00000840. The Hall–Kier alpha value is -0.560. The Bertz CT molecular complexity index is 3690. The van der Waals surface area contributed by atoms with Crippen LogP contribution in [0.1, 0.15) is 11.1 Å². The molecule has 0 aliphatic carbocycles. The molecule has 0 aliphatic heterocycles. The van der Waals surface area contributed by atoms with Crippen molar-refractivity contribution in [3.05, 3.63) is 83.9 Å². The fraction of sp³-hybridized carbons (Fsp3) is 0. The van der Waals surface area contributed by atoms with E-state index in [4.69, 9.17) is 11.5 Å². The fourth-order valence-corrected chi connectivity index (χ4v) is 10.5. The van der Waals surface area contributed by atoms with Crippen LogP contribution in [0.15, 0.2) is 123 Å². The van der Waals surface area contributed by atoms with Gasteiger partial charge in [0.25, 0.3) is 0 Å². The second-order valence-corrected chi connectivity index (χ2v) is 21.3. The molecule has 0 amide bonds. The molecule has 0 bridgehead atoms. The minimum absolute atomic E-state index is 0. The summed E-state index contributed by atoms with van der Waals surface area (Å²) in [7, 11) is -33.2. The Morgan fingerprint density at radius 3 is 0.903 bits per heavy atom. The molecule has 26 nitrogen and oxygen atoms in total. The number of benzene rings is 6. The van der Waals surface area contributed by atoms with Gasteiger partial charge in [0.15, 0.2) is 0 Å². The van der Waals surface area contributed by atoms with Crippen LogP contribution >= 0.6 is 0 Å². The number of anilines is 2. The summed E-state index contributed by atoms with van der Waals surface area (Å²) in [5.41, 5.74) is 6.54. The molecule has 72 heavy (non-hydrogen) atoms. The van der Waals surface area contributed by atoms with Crippen LogP contribution in [0.4, 0.5) is 34.1 Å². The van der Waals surface area contributed by atoms with E-state index in [-0.39, 0.29) is 189 Å². The van der Waals surface area contributed by atoms with Gasteiger partial charge in [-0.3, -0.25) is 0 Å². The molecule has 0 saturated carbocycles. The van der Waals surface area contributed by atoms with Crippen molar-refractivity contribution in [1.29, 1.82) is 0 Å². The molecule has 0 aliphatic rings. The van der Waals surface area contributed by atoms with Crippen molar-refractivity contribution in [3.63, 3.8) is 0 Å². The van der Waals surface area contributed by atoms with Gasteiger partial charge in [-0.1, -0.05) is 24.3 Å². The van der Waals surface area contributed by atoms with Crippen molar-refractivity contribution in [3.8, 4) is 11.5 Å². The van der Waals surface area contributed by atoms with Crippen LogP contribution in [-0.2, 0) is 60.7 Å². The first-order valence-electron chi connectivity index (χ1n) is 16.9. The largest absolute Gasteiger partial charge is 1.00 e. The fourth-order valence-electron chi connectivity index (χ4n) is 6.25. The summed E-state index contributed by atoms with van der Waals surface area (Å²) in [5, 5.41) is 32.5. The molecule has 0 fully saturated rings. The molecule has 6 N–H and O–H groups in total. The maximum Gasteiger partial charge on any atom is 1.00 e. The van der Waals surface area contributed by atoms with Gasteiger partial charge < -0.3 is 49.0 Å². The molecule has 348 valence electrons. The van der Waals surface area contributed by atoms with Crippen LogP contribution in [-0.4, -0.2) is 88.0 Å². The van der Waals surface area contributed by atoms with Gasteiger partial charge in [-0.25, -0.2) is 50.5 Å². The zero-order chi connectivity index (χ0) is 49.3. The third-order valence-corrected chi connectivity index (χ3v) is 14.3. The molecule has 0 heterocycles. The molecule has 6 aromatic rings. The summed E-state index contributed by atoms with van der Waals surface area (Å²) in [6.07, 6.45) is 1.74. The van der Waals surface area contributed by atoms with Crippen molar-refractivity contribution >= 4 is 129 Å². The molecule has 0 unspecified atom stereocenters. The van der Waals surface area contributed by atoms with Crippen LogP contribution in [0.2, 0.25) is 0 Å². The van der Waals surface area contributed by atoms with Crippen LogP contribution in [0.25, 0.3) is 33.7 Å². The van der Waals surface area contributed by atoms with Gasteiger partial charge in [0.05, 0.1) is 74.3 Å². The second kappa shape index (κ2) is 26.4. The van der Waals surface area contributed by atoms with Gasteiger partial charge >= 0.3 is 177 Å². The van der Waals surface area contributed by atoms with Gasteiger partial charge in [-0.05, 0) is 71.8 Å². The number of aromatic hydroxyl groups is 2. The Morgan fingerprint density at radius 1 is 0.361 bits per heavy atom. The monoisotopic (exact) mass is 1160 g/mol. The molecule has 0 saturated heterocycles. The standard InChI is InChI=1S/C34H26N6O20S6.6Na/c35-33-27(65(55,56)57)13-25(63(49,50)51)29-19(7-9-21(41)31(29)33)39-37-17-5-3-15(23(11-17)61(43,44)45)1-2-16-4-6-18(12-24(16)62(46,47)48)38-40-20-8-10-22(42)32-30(20)26(64(52,53)54)14-28(34(32)36)66(58,59)60;;;;;;/h1-14,41-42H,35-36H2,(H,43,44,45)(H,46,47,48)(H,49,50,51)(H,52,53,54)(H,55,56,57)(H,58,59,60);;;;;;/q;6*+1/p-6. The van der Waals surface area contributed by atoms with Crippen molar-refractivity contribution in [2.24, 2.45) is 20.5 Å². The van der Waals surface area contributed by atoms with Gasteiger partial charge in [0.1, 0.15) is 72.2 Å². The van der Waals surface area contributed by atoms with E-state index in [0.29, 0.717) is 12.1 Å². The normalized spacial score (nSPS) is 12.4. The first-order valence-corrected chi connectivity index (χ1v) is 25.4. The average molecular weight is 1160 g/mol. The first-order chi connectivity index (χ1) is 30.2. The Morgan fingerprint density at radius 2 is 0.639 bits per heavy atom. The molecule has 6 rings (SSSR count). The number of phenols is 2. The van der Waals surface area contributed by atoms with Crippen molar-refractivity contribution in [2.75, 3.05) is 11.5 Å². The third kappa shape index (κ3) is 16.0. The number of fused-ring (bicyclic) bond motifs is 2. The number of azo groups is 2. The molecular weight excluding hydrogens is 1140 g/mol. The predicted octanol–water partition coefficient (Wildman–Crippen LogP) is -15.0. The zero-order valence-corrected chi connectivity index (χ0v) is 54.6. The second-order valence-electron chi connectivity index (χ2n) is 13.2. The zero-order valence-electron chi connectivity index (χ0n) is 37.7. The van der Waals surface area contributed by atoms with Crippen LogP contribution < -0.4 is 189 Å². The van der Waals surface area contributed by atoms with E-state index in [9.17, 15) is 88.0 Å². The van der Waals surface area contributed by atoms with E-state index < -0.39 is 168 Å². The molecule has 38 heteroatoms. The van der Waals surface area contributed by atoms with Crippen molar-refractivity contribution < 1.29 is 265 Å². The Kier molecular flexibility index (Phi) is 26.2. The topological polar surface area (TPSA) is 485 Å². The van der Waals surface area contributed by atoms with E-state index in [1.165, 1.54) is 0 Å². The molecule has 6 aromatic carbocycles. The number of nitrogens with zero attached hydrogens (tertiary/aromatic N) is 4. The molecule has 0 atom stereocenters. The molecule has 0 radical (unpaired) electrons. The van der Waals surface area contributed by atoms with Gasteiger partial charge in [-0.2, -0.15) is 10.2 Å². The minimum atomic E-state index is -5.64. The smallest absolute Gasteiger partial charge is 0.744 e. The van der Waals surface area contributed by atoms with Crippen LogP contribution in [0.3, 0.4) is 0 Å². The first kappa shape index (κ1) is 71.4. The average Bonchev–Trinajstić information content (AvgIpc) is 3.17. The van der Waals surface area contributed by atoms with Crippen LogP contribution in [0.5, 0.6) is 11.5 Å². The third-order valence-electron chi connectivity index (χ3n) is 9.01. The number of nitrogens with two attached hydrogens (primary N) is 2. The maximum atomic E-state index is 12.4. The van der Waals surface area contributed by atoms with Gasteiger partial charge in [0, 0.05) is 10.8 Å². The number of phenolic OH excluding ortho intramolecular Hbond substituents is 2. The summed E-state index contributed by atoms with van der Waals surface area (Å²) in [4.78, 5) is -7.55. The number of hydrogen-bond donors (Lipinski definition) is 4. The number of hydrogen-bond acceptors (Lipinski definition) is 26. The van der Waals surface area contributed by atoms with E-state index in [2.05, 4.69) is 20.5 Å². The van der Waals surface area contributed by atoms with E-state index in [1.54, 1.807) is 0 Å². The molecule has 0 spiro atoms. The van der Waals surface area contributed by atoms with E-state index >= 15 is 0 Å². The number of rotatable bonds is 12. The predicted molar refractivity (Wildman–Crippen MR) is 218 cm³/mol. The summed E-state index contributed by atoms with van der Waals surface area (Å²) in [5.74, 6) is -1.80. The summed E-state index contributed by atoms with van der Waals surface area (Å²) in [6.45, 7) is 0. The minimum Gasteiger partial charge on any atom is -0.744 e. The number of nitrogen functional groups attached to an aromatic ring is 2. The van der Waals surface area contributed by atoms with Crippen molar-refractivity contribution in [2.45, 2.75) is 29.4 Å². The molecule has 0 aromatic heterocycles. The molecular formula is C34H20N6Na6O20S6.